The Kier molecular flexibility index (Phi) is 6.98. The van der Waals surface area contributed by atoms with E-state index in [1.807, 2.05) is 0 Å². The van der Waals surface area contributed by atoms with E-state index in [2.05, 4.69) is 32.2 Å². The number of carboxylic acids is 2. The number of aromatic nitrogens is 2. The Balaban J connectivity index is 1.60. The van der Waals surface area contributed by atoms with Crippen LogP contribution in [-0.4, -0.2) is 50.0 Å². The van der Waals surface area contributed by atoms with Crippen LogP contribution in [0.1, 0.15) is 39.9 Å². The first-order valence-corrected chi connectivity index (χ1v) is 9.89. The molecule has 0 saturated heterocycles. The van der Waals surface area contributed by atoms with E-state index in [1.54, 1.807) is 30.5 Å². The standard InChI is InChI=1S/C21H23N7O5/c1-10(19(30)31)8-14(20(32)33)26-18(29)12-5-2-11(3-6-12)4-7-13-9-24-17-15(25-13)16(22)27-21(23)28-17/h2-3,5-6,9,14,16H,1,4,7-8,22H2,(H,26,29)(H,30,31)(H,32,33)(H3,23,24,27,28)/t14-,16?/m0/s1. The number of fused-ring (bicyclic) bond motifs is 1. The first-order valence-electron chi connectivity index (χ1n) is 9.89. The zero-order valence-electron chi connectivity index (χ0n) is 17.5. The summed E-state index contributed by atoms with van der Waals surface area (Å²) in [5.41, 5.74) is 13.6. The molecule has 0 saturated carbocycles. The number of carboxylic acid groups (broad SMARTS) is 2. The number of carbonyl (C=O) groups is 3. The molecule has 33 heavy (non-hydrogen) atoms. The number of nitrogens with two attached hydrogens (primary N) is 2. The number of carbonyl (C=O) groups excluding carboxylic acids is 1. The molecule has 3 rings (SSSR count). The third kappa shape index (κ3) is 5.89. The van der Waals surface area contributed by atoms with Gasteiger partial charge < -0.3 is 32.3 Å². The van der Waals surface area contributed by atoms with Gasteiger partial charge in [-0.15, -0.1) is 0 Å². The predicted octanol–water partition coefficient (Wildman–Crippen LogP) is 0.173. The van der Waals surface area contributed by atoms with E-state index in [0.29, 0.717) is 30.0 Å². The minimum Gasteiger partial charge on any atom is -0.480 e. The highest BCUT2D eigenvalue weighted by atomic mass is 16.4. The van der Waals surface area contributed by atoms with E-state index in [0.717, 1.165) is 5.56 Å². The number of aryl methyl sites for hydroxylation is 2. The van der Waals surface area contributed by atoms with Crippen LogP contribution in [0.2, 0.25) is 0 Å². The molecular formula is C21H23N7O5. The van der Waals surface area contributed by atoms with Gasteiger partial charge in [-0.1, -0.05) is 18.7 Å². The maximum absolute atomic E-state index is 12.4. The van der Waals surface area contributed by atoms with Crippen LogP contribution >= 0.6 is 0 Å². The van der Waals surface area contributed by atoms with Crippen molar-refractivity contribution < 1.29 is 24.6 Å². The van der Waals surface area contributed by atoms with Gasteiger partial charge in [-0.05, 0) is 30.5 Å². The predicted molar refractivity (Wildman–Crippen MR) is 118 cm³/mol. The number of hydrogen-bond acceptors (Lipinski definition) is 9. The molecule has 12 heteroatoms. The summed E-state index contributed by atoms with van der Waals surface area (Å²) in [6.07, 6.45) is 1.70. The van der Waals surface area contributed by atoms with Crippen LogP contribution in [0, 0.1) is 0 Å². The molecule has 1 unspecified atom stereocenters. The summed E-state index contributed by atoms with van der Waals surface area (Å²) in [7, 11) is 0. The highest BCUT2D eigenvalue weighted by Crippen LogP contribution is 2.22. The molecule has 1 aromatic heterocycles. The van der Waals surface area contributed by atoms with Gasteiger partial charge in [0.1, 0.15) is 17.9 Å². The summed E-state index contributed by atoms with van der Waals surface area (Å²) >= 11 is 0. The zero-order valence-corrected chi connectivity index (χ0v) is 17.5. The van der Waals surface area contributed by atoms with Crippen LogP contribution < -0.4 is 22.1 Å². The molecule has 8 N–H and O–H groups in total. The quantitative estimate of drug-likeness (QED) is 0.284. The van der Waals surface area contributed by atoms with Gasteiger partial charge in [0.15, 0.2) is 11.8 Å². The summed E-state index contributed by atoms with van der Waals surface area (Å²) in [5.74, 6) is -2.65. The number of aliphatic carboxylic acids is 2. The first-order chi connectivity index (χ1) is 15.6. The van der Waals surface area contributed by atoms with Crippen molar-refractivity contribution in [1.82, 2.24) is 15.3 Å². The second-order valence-electron chi connectivity index (χ2n) is 7.35. The lowest BCUT2D eigenvalue weighted by Gasteiger charge is -2.19. The van der Waals surface area contributed by atoms with Gasteiger partial charge in [0.2, 0.25) is 0 Å². The first kappa shape index (κ1) is 23.3. The third-order valence-corrected chi connectivity index (χ3v) is 4.90. The summed E-state index contributed by atoms with van der Waals surface area (Å²) in [4.78, 5) is 47.4. The molecule has 2 heterocycles. The fourth-order valence-corrected chi connectivity index (χ4v) is 3.10. The Labute approximate surface area is 188 Å². The molecule has 0 aliphatic carbocycles. The molecule has 172 valence electrons. The van der Waals surface area contributed by atoms with Crippen molar-refractivity contribution in [2.75, 3.05) is 5.32 Å². The molecule has 12 nitrogen and oxygen atoms in total. The van der Waals surface area contributed by atoms with Crippen LogP contribution in [0.15, 0.2) is 47.6 Å². The number of nitrogens with one attached hydrogen (secondary N) is 2. The molecule has 0 radical (unpaired) electrons. The van der Waals surface area contributed by atoms with Gasteiger partial charge in [0.25, 0.3) is 5.91 Å². The van der Waals surface area contributed by atoms with Crippen LogP contribution in [0.25, 0.3) is 0 Å². The van der Waals surface area contributed by atoms with Gasteiger partial charge in [-0.2, -0.15) is 0 Å². The number of benzene rings is 1. The van der Waals surface area contributed by atoms with Crippen molar-refractivity contribution >= 4 is 29.6 Å². The Morgan fingerprint density at radius 2 is 1.88 bits per heavy atom. The molecule has 0 fully saturated rings. The van der Waals surface area contributed by atoms with Crippen LogP contribution in [0.5, 0.6) is 0 Å². The van der Waals surface area contributed by atoms with Crippen molar-refractivity contribution in [3.8, 4) is 0 Å². The molecule has 0 bridgehead atoms. The fourth-order valence-electron chi connectivity index (χ4n) is 3.10. The maximum atomic E-state index is 12.4. The average Bonchev–Trinajstić information content (AvgIpc) is 2.77. The van der Waals surface area contributed by atoms with Crippen molar-refractivity contribution in [1.29, 1.82) is 0 Å². The van der Waals surface area contributed by atoms with Gasteiger partial charge in [-0.3, -0.25) is 4.79 Å². The fraction of sp³-hybridized carbons (Fsp3) is 0.238. The van der Waals surface area contributed by atoms with Crippen LogP contribution in [0.3, 0.4) is 0 Å². The zero-order chi connectivity index (χ0) is 24.1. The summed E-state index contributed by atoms with van der Waals surface area (Å²) in [5, 5.41) is 23.2. The molecule has 1 amide bonds. The number of guanidine groups is 1. The van der Waals surface area contributed by atoms with Crippen molar-refractivity contribution in [2.24, 2.45) is 16.5 Å². The van der Waals surface area contributed by atoms with Gasteiger partial charge in [0, 0.05) is 17.6 Å². The Morgan fingerprint density at radius 1 is 1.18 bits per heavy atom. The monoisotopic (exact) mass is 453 g/mol. The molecule has 1 aliphatic rings. The number of rotatable bonds is 9. The molecule has 0 spiro atoms. The van der Waals surface area contributed by atoms with Gasteiger partial charge in [0.05, 0.1) is 11.9 Å². The van der Waals surface area contributed by atoms with Gasteiger partial charge >= 0.3 is 11.9 Å². The summed E-state index contributed by atoms with van der Waals surface area (Å²) in [6, 6.07) is 5.20. The third-order valence-electron chi connectivity index (χ3n) is 4.90. The Bertz CT molecular complexity index is 1130. The second kappa shape index (κ2) is 9.87. The summed E-state index contributed by atoms with van der Waals surface area (Å²) in [6.45, 7) is 3.30. The van der Waals surface area contributed by atoms with Gasteiger partial charge in [-0.25, -0.2) is 24.5 Å². The number of amides is 1. The van der Waals surface area contributed by atoms with E-state index in [1.165, 1.54) is 0 Å². The Hall–Kier alpha value is -4.32. The highest BCUT2D eigenvalue weighted by Gasteiger charge is 2.24. The largest absolute Gasteiger partial charge is 0.480 e. The molecular weight excluding hydrogens is 430 g/mol. The molecule has 2 atom stereocenters. The van der Waals surface area contributed by atoms with E-state index >= 15 is 0 Å². The van der Waals surface area contributed by atoms with E-state index in [-0.39, 0.29) is 17.1 Å². The van der Waals surface area contributed by atoms with E-state index in [9.17, 15) is 19.5 Å². The lowest BCUT2D eigenvalue weighted by molar-refractivity contribution is -0.139. The maximum Gasteiger partial charge on any atom is 0.331 e. The molecule has 2 aromatic rings. The lowest BCUT2D eigenvalue weighted by atomic mass is 10.0. The van der Waals surface area contributed by atoms with E-state index < -0.39 is 36.5 Å². The van der Waals surface area contributed by atoms with Crippen molar-refractivity contribution in [2.45, 2.75) is 31.5 Å². The van der Waals surface area contributed by atoms with Crippen molar-refractivity contribution in [3.05, 3.63) is 65.1 Å². The second-order valence-corrected chi connectivity index (χ2v) is 7.35. The number of aliphatic imine (C=N–C) groups is 1. The Morgan fingerprint density at radius 3 is 2.52 bits per heavy atom. The summed E-state index contributed by atoms with van der Waals surface area (Å²) < 4.78 is 0. The number of nitrogens with zero attached hydrogens (tertiary/aromatic N) is 3. The minimum absolute atomic E-state index is 0.183. The lowest BCUT2D eigenvalue weighted by Crippen LogP contribution is -2.41. The SMILES string of the molecule is C=C(C[C@H](NC(=O)c1ccc(CCc2cnc3c(n2)C(N)N=C(N)N3)cc1)C(=O)O)C(=O)O. The average molecular weight is 453 g/mol. The van der Waals surface area contributed by atoms with Crippen LogP contribution in [-0.2, 0) is 22.4 Å². The van der Waals surface area contributed by atoms with E-state index in [4.69, 9.17) is 16.6 Å². The molecule has 1 aliphatic heterocycles. The highest BCUT2D eigenvalue weighted by molar-refractivity contribution is 5.97. The topological polar surface area (TPSA) is 206 Å². The van der Waals surface area contributed by atoms with Crippen molar-refractivity contribution in [3.63, 3.8) is 0 Å². The number of hydrogen-bond donors (Lipinski definition) is 6. The normalized spacial score (nSPS) is 15.4. The minimum atomic E-state index is -1.40. The van der Waals surface area contributed by atoms with Crippen LogP contribution in [0.4, 0.5) is 5.82 Å². The number of anilines is 1. The smallest absolute Gasteiger partial charge is 0.331 e. The molecule has 1 aromatic carbocycles.